The first-order valence-corrected chi connectivity index (χ1v) is 8.18. The first-order chi connectivity index (χ1) is 11.5. The minimum Gasteiger partial charge on any atom is -0.456 e. The number of nitrogens with one attached hydrogen (secondary N) is 1. The third-order valence-corrected chi connectivity index (χ3v) is 4.04. The number of rotatable bonds is 7. The van der Waals surface area contributed by atoms with E-state index in [1.54, 1.807) is 11.3 Å². The van der Waals surface area contributed by atoms with E-state index < -0.39 is 23.4 Å². The second kappa shape index (κ2) is 8.42. The molecule has 0 radical (unpaired) electrons. The highest BCUT2D eigenvalue weighted by Crippen LogP contribution is 2.26. The van der Waals surface area contributed by atoms with Crippen molar-refractivity contribution >= 4 is 46.2 Å². The molecule has 1 heterocycles. The quantitative estimate of drug-likeness (QED) is 0.458. The number of hydrogen-bond acceptors (Lipinski definition) is 6. The summed E-state index contributed by atoms with van der Waals surface area (Å²) in [5.41, 5.74) is 1.07. The van der Waals surface area contributed by atoms with E-state index in [0.717, 1.165) is 11.6 Å². The van der Waals surface area contributed by atoms with Crippen LogP contribution in [0.5, 0.6) is 0 Å². The van der Waals surface area contributed by atoms with Crippen molar-refractivity contribution < 1.29 is 19.2 Å². The standard InChI is InChI=1S/C15H13ClN2O5S/c16-12-7-11(18(21)22)2-3-13(12)17-14(19)8-23-15(20)4-1-10-5-6-24-9-10/h2-3,5-7,9H,1,4,8H2,(H,17,19). The van der Waals surface area contributed by atoms with Crippen molar-refractivity contribution in [3.8, 4) is 0 Å². The summed E-state index contributed by atoms with van der Waals surface area (Å²) < 4.78 is 4.88. The molecule has 1 amide bonds. The van der Waals surface area contributed by atoms with Gasteiger partial charge in [0.25, 0.3) is 11.6 Å². The summed E-state index contributed by atoms with van der Waals surface area (Å²) >= 11 is 7.41. The van der Waals surface area contributed by atoms with E-state index in [1.807, 2.05) is 16.8 Å². The van der Waals surface area contributed by atoms with Gasteiger partial charge in [-0.15, -0.1) is 0 Å². The summed E-state index contributed by atoms with van der Waals surface area (Å²) in [5, 5.41) is 16.9. The maximum Gasteiger partial charge on any atom is 0.306 e. The second-order valence-electron chi connectivity index (χ2n) is 4.76. The largest absolute Gasteiger partial charge is 0.456 e. The normalized spacial score (nSPS) is 10.2. The predicted molar refractivity (Wildman–Crippen MR) is 90.3 cm³/mol. The van der Waals surface area contributed by atoms with Gasteiger partial charge in [0.15, 0.2) is 6.61 Å². The van der Waals surface area contributed by atoms with Gasteiger partial charge in [-0.25, -0.2) is 0 Å². The molecule has 0 spiro atoms. The lowest BCUT2D eigenvalue weighted by molar-refractivity contribution is -0.384. The number of carbonyl (C=O) groups excluding carboxylic acids is 2. The molecule has 0 fully saturated rings. The Hall–Kier alpha value is -2.45. The molecular formula is C15H13ClN2O5S. The monoisotopic (exact) mass is 368 g/mol. The van der Waals surface area contributed by atoms with E-state index in [9.17, 15) is 19.7 Å². The Kier molecular flexibility index (Phi) is 6.28. The summed E-state index contributed by atoms with van der Waals surface area (Å²) in [6.45, 7) is -0.449. The average molecular weight is 369 g/mol. The molecule has 0 saturated carbocycles. The number of anilines is 1. The van der Waals surface area contributed by atoms with Crippen LogP contribution in [0.1, 0.15) is 12.0 Å². The number of benzene rings is 1. The SMILES string of the molecule is O=C(COC(=O)CCc1ccsc1)Nc1ccc([N+](=O)[O-])cc1Cl. The number of hydrogen-bond donors (Lipinski definition) is 1. The summed E-state index contributed by atoms with van der Waals surface area (Å²) in [4.78, 5) is 33.3. The lowest BCUT2D eigenvalue weighted by Gasteiger charge is -2.08. The number of nitro benzene ring substituents is 1. The van der Waals surface area contributed by atoms with Crippen LogP contribution in [0, 0.1) is 10.1 Å². The number of carbonyl (C=O) groups is 2. The molecule has 0 bridgehead atoms. The van der Waals surface area contributed by atoms with E-state index >= 15 is 0 Å². The van der Waals surface area contributed by atoms with Gasteiger partial charge in [-0.1, -0.05) is 11.6 Å². The van der Waals surface area contributed by atoms with E-state index in [-0.39, 0.29) is 22.8 Å². The topological polar surface area (TPSA) is 98.5 Å². The number of amides is 1. The summed E-state index contributed by atoms with van der Waals surface area (Å²) in [6.07, 6.45) is 0.737. The zero-order valence-electron chi connectivity index (χ0n) is 12.4. The van der Waals surface area contributed by atoms with E-state index in [0.29, 0.717) is 6.42 Å². The van der Waals surface area contributed by atoms with Crippen LogP contribution in [0.2, 0.25) is 5.02 Å². The molecule has 24 heavy (non-hydrogen) atoms. The van der Waals surface area contributed by atoms with Gasteiger partial charge in [0.05, 0.1) is 15.6 Å². The molecule has 2 aromatic rings. The van der Waals surface area contributed by atoms with Crippen molar-refractivity contribution in [2.75, 3.05) is 11.9 Å². The van der Waals surface area contributed by atoms with Crippen LogP contribution in [-0.2, 0) is 20.7 Å². The van der Waals surface area contributed by atoms with Gasteiger partial charge in [-0.2, -0.15) is 11.3 Å². The number of nitro groups is 1. The minimum absolute atomic E-state index is 0.0290. The van der Waals surface area contributed by atoms with E-state index in [2.05, 4.69) is 5.32 Å². The summed E-state index contributed by atoms with van der Waals surface area (Å²) in [5.74, 6) is -1.05. The first kappa shape index (κ1) is 17.9. The first-order valence-electron chi connectivity index (χ1n) is 6.86. The zero-order valence-corrected chi connectivity index (χ0v) is 13.9. The number of nitrogens with zero attached hydrogens (tertiary/aromatic N) is 1. The molecule has 1 aromatic heterocycles. The van der Waals surface area contributed by atoms with Crippen molar-refractivity contribution in [3.05, 3.63) is 55.7 Å². The molecule has 0 aliphatic heterocycles. The molecule has 9 heteroatoms. The number of aryl methyl sites for hydroxylation is 1. The summed E-state index contributed by atoms with van der Waals surface area (Å²) in [7, 11) is 0. The highest BCUT2D eigenvalue weighted by Gasteiger charge is 2.13. The highest BCUT2D eigenvalue weighted by atomic mass is 35.5. The molecule has 0 aliphatic rings. The molecule has 2 rings (SSSR count). The van der Waals surface area contributed by atoms with Crippen molar-refractivity contribution in [2.24, 2.45) is 0 Å². The third kappa shape index (κ3) is 5.32. The van der Waals surface area contributed by atoms with Crippen LogP contribution in [0.25, 0.3) is 0 Å². The second-order valence-corrected chi connectivity index (χ2v) is 5.95. The van der Waals surface area contributed by atoms with Gasteiger partial charge >= 0.3 is 5.97 Å². The average Bonchev–Trinajstić information content (AvgIpc) is 3.06. The van der Waals surface area contributed by atoms with Crippen molar-refractivity contribution in [1.29, 1.82) is 0 Å². The van der Waals surface area contributed by atoms with Crippen LogP contribution >= 0.6 is 22.9 Å². The lowest BCUT2D eigenvalue weighted by atomic mass is 10.2. The Balaban J connectivity index is 1.78. The van der Waals surface area contributed by atoms with Gasteiger partial charge < -0.3 is 10.1 Å². The fourth-order valence-corrected chi connectivity index (χ4v) is 2.73. The predicted octanol–water partition coefficient (Wildman–Crippen LogP) is 3.42. The fraction of sp³-hybridized carbons (Fsp3) is 0.200. The van der Waals surface area contributed by atoms with Gasteiger partial charge in [0.1, 0.15) is 0 Å². The van der Waals surface area contributed by atoms with Gasteiger partial charge in [-0.3, -0.25) is 19.7 Å². The number of halogens is 1. The maximum absolute atomic E-state index is 11.7. The Bertz CT molecular complexity index is 748. The van der Waals surface area contributed by atoms with Gasteiger partial charge in [-0.05, 0) is 34.9 Å². The zero-order chi connectivity index (χ0) is 17.5. The van der Waals surface area contributed by atoms with Crippen LogP contribution in [0.15, 0.2) is 35.0 Å². The van der Waals surface area contributed by atoms with Crippen LogP contribution in [0.3, 0.4) is 0 Å². The van der Waals surface area contributed by atoms with Crippen LogP contribution < -0.4 is 5.32 Å². The molecule has 0 unspecified atom stereocenters. The molecule has 0 aliphatic carbocycles. The summed E-state index contributed by atoms with van der Waals surface area (Å²) in [6, 6.07) is 5.58. The smallest absolute Gasteiger partial charge is 0.306 e. The molecule has 126 valence electrons. The fourth-order valence-electron chi connectivity index (χ4n) is 1.80. The molecule has 0 saturated heterocycles. The van der Waals surface area contributed by atoms with Crippen LogP contribution in [0.4, 0.5) is 11.4 Å². The maximum atomic E-state index is 11.7. The molecule has 7 nitrogen and oxygen atoms in total. The Morgan fingerprint density at radius 2 is 2.12 bits per heavy atom. The molecule has 0 atom stereocenters. The number of esters is 1. The van der Waals surface area contributed by atoms with Crippen LogP contribution in [-0.4, -0.2) is 23.4 Å². The molecule has 1 N–H and O–H groups in total. The highest BCUT2D eigenvalue weighted by molar-refractivity contribution is 7.07. The van der Waals surface area contributed by atoms with Crippen molar-refractivity contribution in [2.45, 2.75) is 12.8 Å². The van der Waals surface area contributed by atoms with Crippen molar-refractivity contribution in [3.63, 3.8) is 0 Å². The number of ether oxygens (including phenoxy) is 1. The van der Waals surface area contributed by atoms with Crippen molar-refractivity contribution in [1.82, 2.24) is 0 Å². The van der Waals surface area contributed by atoms with E-state index in [4.69, 9.17) is 16.3 Å². The Morgan fingerprint density at radius 1 is 1.33 bits per heavy atom. The Labute approximate surface area is 146 Å². The molecular weight excluding hydrogens is 356 g/mol. The van der Waals surface area contributed by atoms with Gasteiger partial charge in [0, 0.05) is 18.6 Å². The lowest BCUT2D eigenvalue weighted by Crippen LogP contribution is -2.21. The van der Waals surface area contributed by atoms with E-state index in [1.165, 1.54) is 12.1 Å². The van der Waals surface area contributed by atoms with Gasteiger partial charge in [0.2, 0.25) is 0 Å². The third-order valence-electron chi connectivity index (χ3n) is 3.00. The number of thiophene rings is 1. The minimum atomic E-state index is -0.591. The Morgan fingerprint density at radius 3 is 2.75 bits per heavy atom. The molecule has 1 aromatic carbocycles. The number of non-ortho nitro benzene ring substituents is 1.